The van der Waals surface area contributed by atoms with Crippen LogP contribution in [0.1, 0.15) is 25.7 Å². The minimum Gasteiger partial charge on any atom is -0.396 e. The number of thiophene rings is 1. The summed E-state index contributed by atoms with van der Waals surface area (Å²) in [6.45, 7) is 0.319. The first kappa shape index (κ1) is 12.7. The monoisotopic (exact) mass is 277 g/mol. The Morgan fingerprint density at radius 2 is 2.16 bits per heavy atom. The number of rotatable bonds is 3. The van der Waals surface area contributed by atoms with Gasteiger partial charge in [-0.2, -0.15) is 0 Å². The maximum absolute atomic E-state index is 9.18. The highest BCUT2D eigenvalue weighted by atomic mass is 32.1. The molecular weight excluding hydrogens is 258 g/mol. The molecule has 0 spiro atoms. The lowest BCUT2D eigenvalue weighted by Gasteiger charge is -2.29. The summed E-state index contributed by atoms with van der Waals surface area (Å²) < 4.78 is 1.14. The van der Waals surface area contributed by atoms with Gasteiger partial charge in [-0.1, -0.05) is 0 Å². The van der Waals surface area contributed by atoms with Crippen molar-refractivity contribution >= 4 is 32.9 Å². The van der Waals surface area contributed by atoms with E-state index in [4.69, 9.17) is 5.73 Å². The van der Waals surface area contributed by atoms with E-state index in [1.165, 1.54) is 0 Å². The lowest BCUT2D eigenvalue weighted by molar-refractivity contribution is 0.186. The number of hydrogen-bond acceptors (Lipinski definition) is 5. The second-order valence-electron chi connectivity index (χ2n) is 5.27. The molecule has 3 rings (SSSR count). The van der Waals surface area contributed by atoms with Crippen molar-refractivity contribution in [3.63, 3.8) is 0 Å². The molecule has 5 heteroatoms. The van der Waals surface area contributed by atoms with Crippen LogP contribution in [0.4, 0.5) is 11.4 Å². The lowest BCUT2D eigenvalue weighted by atomic mass is 9.86. The first-order valence-corrected chi connectivity index (χ1v) is 7.65. The SMILES string of the molecule is Nc1cnc2ccsc2c1NC1CCC(CO)CC1. The number of pyridine rings is 1. The number of nitrogens with zero attached hydrogens (tertiary/aromatic N) is 1. The molecule has 0 unspecified atom stereocenters. The summed E-state index contributed by atoms with van der Waals surface area (Å²) >= 11 is 1.68. The van der Waals surface area contributed by atoms with Crippen molar-refractivity contribution in [2.24, 2.45) is 5.92 Å². The van der Waals surface area contributed by atoms with Crippen molar-refractivity contribution in [1.82, 2.24) is 4.98 Å². The highest BCUT2D eigenvalue weighted by Crippen LogP contribution is 2.34. The molecule has 0 bridgehead atoms. The van der Waals surface area contributed by atoms with Gasteiger partial charge in [0.25, 0.3) is 0 Å². The van der Waals surface area contributed by atoms with E-state index < -0.39 is 0 Å². The number of anilines is 2. The van der Waals surface area contributed by atoms with Gasteiger partial charge in [0.2, 0.25) is 0 Å². The highest BCUT2D eigenvalue weighted by Gasteiger charge is 2.21. The lowest BCUT2D eigenvalue weighted by Crippen LogP contribution is -2.27. The summed E-state index contributed by atoms with van der Waals surface area (Å²) in [5.41, 5.74) is 8.82. The normalized spacial score (nSPS) is 23.6. The summed E-state index contributed by atoms with van der Waals surface area (Å²) in [6, 6.07) is 2.48. The summed E-state index contributed by atoms with van der Waals surface area (Å²) in [5, 5.41) is 14.8. The molecule has 1 fully saturated rings. The molecule has 1 aliphatic carbocycles. The largest absolute Gasteiger partial charge is 0.396 e. The predicted molar refractivity (Wildman–Crippen MR) is 80.5 cm³/mol. The Balaban J connectivity index is 1.78. The molecule has 102 valence electrons. The molecule has 19 heavy (non-hydrogen) atoms. The third-order valence-corrected chi connectivity index (χ3v) is 4.88. The van der Waals surface area contributed by atoms with Gasteiger partial charge in [-0.25, -0.2) is 0 Å². The quantitative estimate of drug-likeness (QED) is 0.806. The Hall–Kier alpha value is -1.33. The van der Waals surface area contributed by atoms with Crippen molar-refractivity contribution in [2.75, 3.05) is 17.7 Å². The molecule has 0 radical (unpaired) electrons. The van der Waals surface area contributed by atoms with Gasteiger partial charge in [0.15, 0.2) is 0 Å². The standard InChI is InChI=1S/C14H19N3OS/c15-11-7-16-12-5-6-19-14(12)13(11)17-10-3-1-9(8-18)2-4-10/h5-7,9-10,18H,1-4,8,15H2,(H,16,17). The van der Waals surface area contributed by atoms with Crippen molar-refractivity contribution in [2.45, 2.75) is 31.7 Å². The van der Waals surface area contributed by atoms with E-state index in [2.05, 4.69) is 10.3 Å². The van der Waals surface area contributed by atoms with Crippen molar-refractivity contribution < 1.29 is 5.11 Å². The fourth-order valence-electron chi connectivity index (χ4n) is 2.77. The van der Waals surface area contributed by atoms with E-state index in [1.807, 2.05) is 11.4 Å². The maximum Gasteiger partial charge on any atom is 0.0832 e. The Morgan fingerprint density at radius 3 is 2.89 bits per heavy atom. The van der Waals surface area contributed by atoms with Crippen LogP contribution < -0.4 is 11.1 Å². The smallest absolute Gasteiger partial charge is 0.0832 e. The molecule has 2 aromatic rings. The number of nitrogens with two attached hydrogens (primary N) is 1. The minimum absolute atomic E-state index is 0.319. The summed E-state index contributed by atoms with van der Waals surface area (Å²) in [5.74, 6) is 0.481. The average Bonchev–Trinajstić information content (AvgIpc) is 2.91. The van der Waals surface area contributed by atoms with Gasteiger partial charge < -0.3 is 16.2 Å². The number of aromatic nitrogens is 1. The molecule has 0 saturated heterocycles. The molecule has 4 nitrogen and oxygen atoms in total. The molecule has 0 aliphatic heterocycles. The number of hydrogen-bond donors (Lipinski definition) is 3. The van der Waals surface area contributed by atoms with Crippen molar-refractivity contribution in [1.29, 1.82) is 0 Å². The van der Waals surface area contributed by atoms with Crippen LogP contribution in [0.15, 0.2) is 17.6 Å². The molecular formula is C14H19N3OS. The topological polar surface area (TPSA) is 71.2 Å². The summed E-state index contributed by atoms with van der Waals surface area (Å²) in [7, 11) is 0. The Kier molecular flexibility index (Phi) is 3.57. The highest BCUT2D eigenvalue weighted by molar-refractivity contribution is 7.17. The van der Waals surface area contributed by atoms with Gasteiger partial charge in [-0.3, -0.25) is 4.98 Å². The van der Waals surface area contributed by atoms with Gasteiger partial charge in [-0.15, -0.1) is 11.3 Å². The zero-order valence-electron chi connectivity index (χ0n) is 10.8. The molecule has 0 atom stereocenters. The van der Waals surface area contributed by atoms with E-state index in [0.29, 0.717) is 18.6 Å². The number of nitrogen functional groups attached to an aromatic ring is 1. The Morgan fingerprint density at radius 1 is 1.37 bits per heavy atom. The molecule has 2 aromatic heterocycles. The van der Waals surface area contributed by atoms with Crippen LogP contribution in [0, 0.1) is 5.92 Å². The maximum atomic E-state index is 9.18. The van der Waals surface area contributed by atoms with Gasteiger partial charge in [0.1, 0.15) is 0 Å². The number of aliphatic hydroxyl groups is 1. The summed E-state index contributed by atoms with van der Waals surface area (Å²) in [6.07, 6.45) is 6.11. The second-order valence-corrected chi connectivity index (χ2v) is 6.18. The van der Waals surface area contributed by atoms with E-state index in [0.717, 1.165) is 47.3 Å². The average molecular weight is 277 g/mol. The fourth-order valence-corrected chi connectivity index (χ4v) is 3.64. The van der Waals surface area contributed by atoms with E-state index in [1.54, 1.807) is 17.5 Å². The third kappa shape index (κ3) is 2.53. The second kappa shape index (κ2) is 5.35. The van der Waals surface area contributed by atoms with Gasteiger partial charge in [-0.05, 0) is 43.0 Å². The van der Waals surface area contributed by atoms with Gasteiger partial charge >= 0.3 is 0 Å². The molecule has 2 heterocycles. The van der Waals surface area contributed by atoms with Crippen LogP contribution in [0.5, 0.6) is 0 Å². The van der Waals surface area contributed by atoms with Crippen LogP contribution >= 0.6 is 11.3 Å². The van der Waals surface area contributed by atoms with Crippen LogP contribution in [-0.4, -0.2) is 22.7 Å². The Bertz CT molecular complexity index is 561. The number of aliphatic hydroxyl groups excluding tert-OH is 1. The molecule has 1 saturated carbocycles. The molecule has 0 amide bonds. The third-order valence-electron chi connectivity index (χ3n) is 3.96. The molecule has 0 aromatic carbocycles. The van der Waals surface area contributed by atoms with Crippen LogP contribution in [0.3, 0.4) is 0 Å². The van der Waals surface area contributed by atoms with Gasteiger partial charge in [0, 0.05) is 12.6 Å². The first-order chi connectivity index (χ1) is 9.28. The number of fused-ring (bicyclic) bond motifs is 1. The zero-order valence-corrected chi connectivity index (χ0v) is 11.6. The van der Waals surface area contributed by atoms with E-state index in [-0.39, 0.29) is 0 Å². The van der Waals surface area contributed by atoms with E-state index >= 15 is 0 Å². The minimum atomic E-state index is 0.319. The van der Waals surface area contributed by atoms with E-state index in [9.17, 15) is 5.11 Å². The van der Waals surface area contributed by atoms with Gasteiger partial charge in [0.05, 0.1) is 27.8 Å². The Labute approximate surface area is 116 Å². The predicted octanol–water partition coefficient (Wildman–Crippen LogP) is 2.84. The molecule has 4 N–H and O–H groups in total. The summed E-state index contributed by atoms with van der Waals surface area (Å²) in [4.78, 5) is 4.33. The van der Waals surface area contributed by atoms with Crippen LogP contribution in [0.25, 0.3) is 10.2 Å². The van der Waals surface area contributed by atoms with Crippen molar-refractivity contribution in [3.05, 3.63) is 17.6 Å². The number of nitrogens with one attached hydrogen (secondary N) is 1. The first-order valence-electron chi connectivity index (χ1n) is 6.77. The van der Waals surface area contributed by atoms with Crippen LogP contribution in [0.2, 0.25) is 0 Å². The fraction of sp³-hybridized carbons (Fsp3) is 0.500. The van der Waals surface area contributed by atoms with Crippen LogP contribution in [-0.2, 0) is 0 Å². The zero-order chi connectivity index (χ0) is 13.2. The van der Waals surface area contributed by atoms with Crippen molar-refractivity contribution in [3.8, 4) is 0 Å². The molecule has 1 aliphatic rings.